The third-order valence-corrected chi connectivity index (χ3v) is 9.56. The molecule has 4 amide bonds. The van der Waals surface area contributed by atoms with Crippen molar-refractivity contribution in [3.63, 3.8) is 0 Å². The monoisotopic (exact) mass is 519 g/mol. The van der Waals surface area contributed by atoms with E-state index >= 15 is 0 Å². The second-order valence-electron chi connectivity index (χ2n) is 12.3. The molecule has 2 aromatic carbocycles. The smallest absolute Gasteiger partial charge is 0.317 e. The summed E-state index contributed by atoms with van der Waals surface area (Å²) in [6.45, 7) is 4.08. The Balaban J connectivity index is 1.19. The van der Waals surface area contributed by atoms with E-state index in [1.807, 2.05) is 61.0 Å². The SMILES string of the molecule is Cc1ccc(-n2cccc2/C=C2\C(=O)NC(=O)N(c3ccc(C45CC6CC(CC(C6)C4)C5)cc3)C2=O)c(C)c1. The summed E-state index contributed by atoms with van der Waals surface area (Å²) in [4.78, 5) is 40.4. The number of hydrogen-bond donors (Lipinski definition) is 1. The number of amides is 4. The lowest BCUT2D eigenvalue weighted by Gasteiger charge is -2.57. The predicted molar refractivity (Wildman–Crippen MR) is 151 cm³/mol. The predicted octanol–water partition coefficient (Wildman–Crippen LogP) is 6.23. The van der Waals surface area contributed by atoms with Crippen molar-refractivity contribution in [3.05, 3.63) is 88.8 Å². The number of benzene rings is 2. The third kappa shape index (κ3) is 3.96. The van der Waals surface area contributed by atoms with Crippen LogP contribution in [0.15, 0.2) is 66.4 Å². The van der Waals surface area contributed by atoms with Crippen molar-refractivity contribution in [2.24, 2.45) is 17.8 Å². The lowest BCUT2D eigenvalue weighted by Crippen LogP contribution is -2.54. The molecule has 5 fully saturated rings. The van der Waals surface area contributed by atoms with E-state index in [4.69, 9.17) is 0 Å². The number of nitrogens with one attached hydrogen (secondary N) is 1. The fourth-order valence-electron chi connectivity index (χ4n) is 8.27. The number of anilines is 1. The molecular weight excluding hydrogens is 486 g/mol. The number of barbiturate groups is 1. The van der Waals surface area contributed by atoms with Crippen molar-refractivity contribution in [1.82, 2.24) is 9.88 Å². The average Bonchev–Trinajstić information content (AvgIpc) is 3.34. The topological polar surface area (TPSA) is 71.4 Å². The molecule has 4 aliphatic carbocycles. The molecule has 0 radical (unpaired) electrons. The van der Waals surface area contributed by atoms with Crippen LogP contribution in [-0.4, -0.2) is 22.4 Å². The molecule has 1 N–H and O–H groups in total. The number of carbonyl (C=O) groups is 3. The number of aromatic nitrogens is 1. The maximum Gasteiger partial charge on any atom is 0.335 e. The molecule has 4 saturated carbocycles. The lowest BCUT2D eigenvalue weighted by atomic mass is 9.48. The first-order chi connectivity index (χ1) is 18.8. The number of rotatable bonds is 4. The Morgan fingerprint density at radius 1 is 0.872 bits per heavy atom. The van der Waals surface area contributed by atoms with Gasteiger partial charge in [-0.25, -0.2) is 9.69 Å². The molecule has 198 valence electrons. The van der Waals surface area contributed by atoms with Gasteiger partial charge in [0.1, 0.15) is 5.57 Å². The van der Waals surface area contributed by atoms with Gasteiger partial charge in [-0.15, -0.1) is 0 Å². The van der Waals surface area contributed by atoms with E-state index in [-0.39, 0.29) is 11.0 Å². The second kappa shape index (κ2) is 8.80. The van der Waals surface area contributed by atoms with E-state index in [1.54, 1.807) is 6.08 Å². The largest absolute Gasteiger partial charge is 0.335 e. The lowest BCUT2D eigenvalue weighted by molar-refractivity contribution is -0.122. The quantitative estimate of drug-likeness (QED) is 0.328. The van der Waals surface area contributed by atoms with Gasteiger partial charge in [0.25, 0.3) is 11.8 Å². The molecule has 0 unspecified atom stereocenters. The van der Waals surface area contributed by atoms with Gasteiger partial charge in [-0.1, -0.05) is 29.8 Å². The van der Waals surface area contributed by atoms with Crippen LogP contribution < -0.4 is 10.2 Å². The summed E-state index contributed by atoms with van der Waals surface area (Å²) in [6, 6.07) is 17.1. The van der Waals surface area contributed by atoms with E-state index < -0.39 is 17.8 Å². The van der Waals surface area contributed by atoms with E-state index in [1.165, 1.54) is 44.1 Å². The van der Waals surface area contributed by atoms with Crippen LogP contribution in [0.1, 0.15) is 60.9 Å². The average molecular weight is 520 g/mol. The van der Waals surface area contributed by atoms with Gasteiger partial charge in [-0.05, 0) is 123 Å². The molecule has 6 nitrogen and oxygen atoms in total. The van der Waals surface area contributed by atoms with E-state index in [2.05, 4.69) is 23.5 Å². The van der Waals surface area contributed by atoms with Crippen molar-refractivity contribution < 1.29 is 14.4 Å². The Kier molecular flexibility index (Phi) is 5.45. The van der Waals surface area contributed by atoms with Crippen LogP contribution in [0, 0.1) is 31.6 Å². The Morgan fingerprint density at radius 3 is 2.18 bits per heavy atom. The van der Waals surface area contributed by atoms with Gasteiger partial charge < -0.3 is 4.57 Å². The molecule has 2 heterocycles. The van der Waals surface area contributed by atoms with Gasteiger partial charge >= 0.3 is 6.03 Å². The number of hydrogen-bond acceptors (Lipinski definition) is 3. The summed E-state index contributed by atoms with van der Waals surface area (Å²) >= 11 is 0. The van der Waals surface area contributed by atoms with Crippen LogP contribution in [-0.2, 0) is 15.0 Å². The highest BCUT2D eigenvalue weighted by Crippen LogP contribution is 2.60. The Bertz CT molecular complexity index is 1510. The first-order valence-electron chi connectivity index (χ1n) is 14.1. The van der Waals surface area contributed by atoms with Gasteiger partial charge in [0.15, 0.2) is 0 Å². The highest BCUT2D eigenvalue weighted by molar-refractivity contribution is 6.39. The van der Waals surface area contributed by atoms with Gasteiger partial charge in [0.05, 0.1) is 5.69 Å². The molecule has 3 aromatic rings. The van der Waals surface area contributed by atoms with E-state index in [0.29, 0.717) is 11.4 Å². The number of imide groups is 2. The highest BCUT2D eigenvalue weighted by Gasteiger charge is 2.51. The Morgan fingerprint density at radius 2 is 1.54 bits per heavy atom. The molecule has 8 rings (SSSR count). The molecule has 6 heteroatoms. The molecule has 1 saturated heterocycles. The summed E-state index contributed by atoms with van der Waals surface area (Å²) < 4.78 is 1.95. The summed E-state index contributed by atoms with van der Waals surface area (Å²) in [5.74, 6) is 1.23. The van der Waals surface area contributed by atoms with Crippen LogP contribution in [0.4, 0.5) is 10.5 Å². The van der Waals surface area contributed by atoms with Crippen LogP contribution in [0.25, 0.3) is 11.8 Å². The van der Waals surface area contributed by atoms with Crippen LogP contribution in [0.5, 0.6) is 0 Å². The fourth-order valence-corrected chi connectivity index (χ4v) is 8.27. The number of carbonyl (C=O) groups excluding carboxylic acids is 3. The molecule has 1 aromatic heterocycles. The first-order valence-corrected chi connectivity index (χ1v) is 14.1. The minimum atomic E-state index is -0.713. The maximum absolute atomic E-state index is 13.6. The van der Waals surface area contributed by atoms with Gasteiger partial charge in [0, 0.05) is 17.6 Å². The standard InChI is InChI=1S/C33H33N3O3/c1-20-5-10-29(21(2)12-20)35-11-3-4-27(35)16-28-30(37)34-32(39)36(31(28)38)26-8-6-25(7-9-26)33-17-22-13-23(18-33)15-24(14-22)19-33/h3-12,16,22-24H,13-15,17-19H2,1-2H3,(H,34,37,39)/b28-16+. The Hall–Kier alpha value is -3.93. The summed E-state index contributed by atoms with van der Waals surface area (Å²) in [6.07, 6.45) is 11.4. The van der Waals surface area contributed by atoms with E-state index in [9.17, 15) is 14.4 Å². The highest BCUT2D eigenvalue weighted by atomic mass is 16.2. The van der Waals surface area contributed by atoms with Crippen molar-refractivity contribution >= 4 is 29.6 Å². The van der Waals surface area contributed by atoms with Gasteiger partial charge in [-0.2, -0.15) is 0 Å². The molecule has 39 heavy (non-hydrogen) atoms. The minimum Gasteiger partial charge on any atom is -0.317 e. The molecule has 5 aliphatic rings. The van der Waals surface area contributed by atoms with Gasteiger partial charge in [-0.3, -0.25) is 14.9 Å². The fraction of sp³-hybridized carbons (Fsp3) is 0.364. The van der Waals surface area contributed by atoms with E-state index in [0.717, 1.165) is 39.5 Å². The minimum absolute atomic E-state index is 0.0653. The molecule has 4 bridgehead atoms. The molecule has 1 aliphatic heterocycles. The molecule has 0 spiro atoms. The normalized spacial score (nSPS) is 28.9. The second-order valence-corrected chi connectivity index (χ2v) is 12.3. The van der Waals surface area contributed by atoms with Crippen molar-refractivity contribution in [2.75, 3.05) is 4.90 Å². The number of urea groups is 1. The third-order valence-electron chi connectivity index (χ3n) is 9.56. The summed E-state index contributed by atoms with van der Waals surface area (Å²) in [7, 11) is 0. The van der Waals surface area contributed by atoms with Crippen molar-refractivity contribution in [2.45, 2.75) is 57.8 Å². The first kappa shape index (κ1) is 24.1. The maximum atomic E-state index is 13.6. The van der Waals surface area contributed by atoms with Crippen molar-refractivity contribution in [3.8, 4) is 5.69 Å². The zero-order valence-electron chi connectivity index (χ0n) is 22.4. The van der Waals surface area contributed by atoms with Crippen LogP contribution in [0.2, 0.25) is 0 Å². The zero-order valence-corrected chi connectivity index (χ0v) is 22.4. The molecule has 0 atom stereocenters. The molecular formula is C33H33N3O3. The summed E-state index contributed by atoms with van der Waals surface area (Å²) in [5.41, 5.74) is 5.88. The number of aryl methyl sites for hydroxylation is 2. The van der Waals surface area contributed by atoms with Crippen LogP contribution >= 0.6 is 0 Å². The zero-order chi connectivity index (χ0) is 26.9. The summed E-state index contributed by atoms with van der Waals surface area (Å²) in [5, 5.41) is 2.37. The van der Waals surface area contributed by atoms with Gasteiger partial charge in [0.2, 0.25) is 0 Å². The van der Waals surface area contributed by atoms with Crippen LogP contribution in [0.3, 0.4) is 0 Å². The Labute approximate surface area is 228 Å². The number of nitrogens with zero attached hydrogens (tertiary/aromatic N) is 2. The van der Waals surface area contributed by atoms with Crippen molar-refractivity contribution in [1.29, 1.82) is 0 Å².